The molecule has 0 aromatic carbocycles. The van der Waals surface area contributed by atoms with E-state index in [1.54, 1.807) is 7.05 Å². The first-order valence-electron chi connectivity index (χ1n) is 5.34. The van der Waals surface area contributed by atoms with Crippen LogP contribution in [-0.4, -0.2) is 24.5 Å². The molecule has 1 amide bonds. The van der Waals surface area contributed by atoms with Crippen LogP contribution in [0, 0.1) is 5.92 Å². The van der Waals surface area contributed by atoms with E-state index in [1.807, 2.05) is 5.01 Å². The highest BCUT2D eigenvalue weighted by Crippen LogP contribution is 2.10. The lowest BCUT2D eigenvalue weighted by molar-refractivity contribution is -0.120. The second-order valence-corrected chi connectivity index (χ2v) is 3.95. The first-order chi connectivity index (χ1) is 7.13. The minimum Gasteiger partial charge on any atom is -0.359 e. The fourth-order valence-corrected chi connectivity index (χ4v) is 1.32. The van der Waals surface area contributed by atoms with E-state index in [-0.39, 0.29) is 5.91 Å². The van der Waals surface area contributed by atoms with Crippen molar-refractivity contribution in [3.8, 4) is 0 Å². The van der Waals surface area contributed by atoms with E-state index in [0.717, 1.165) is 13.0 Å². The third kappa shape index (κ3) is 3.79. The summed E-state index contributed by atoms with van der Waals surface area (Å²) in [5, 5.41) is 4.58. The number of carbonyl (C=O) groups is 1. The van der Waals surface area contributed by atoms with Gasteiger partial charge in [0.2, 0.25) is 5.91 Å². The van der Waals surface area contributed by atoms with Crippen LogP contribution in [0.5, 0.6) is 0 Å². The second-order valence-electron chi connectivity index (χ2n) is 3.95. The van der Waals surface area contributed by atoms with Gasteiger partial charge in [-0.3, -0.25) is 9.80 Å². The predicted octanol–water partition coefficient (Wildman–Crippen LogP) is 0.335. The molecule has 0 atom stereocenters. The summed E-state index contributed by atoms with van der Waals surface area (Å²) in [7, 11) is 1.66. The van der Waals surface area contributed by atoms with Gasteiger partial charge in [-0.1, -0.05) is 13.8 Å². The largest absolute Gasteiger partial charge is 0.359 e. The number of nitrogens with zero attached hydrogens (tertiary/aromatic N) is 1. The van der Waals surface area contributed by atoms with E-state index in [0.29, 0.717) is 12.3 Å². The van der Waals surface area contributed by atoms with Gasteiger partial charge in [0, 0.05) is 31.9 Å². The average Bonchev–Trinajstić information content (AvgIpc) is 2.66. The van der Waals surface area contributed by atoms with Crippen LogP contribution in [-0.2, 0) is 4.79 Å². The van der Waals surface area contributed by atoms with Gasteiger partial charge < -0.3 is 10.7 Å². The first kappa shape index (κ1) is 11.8. The van der Waals surface area contributed by atoms with Gasteiger partial charge in [-0.05, 0) is 12.3 Å². The minimum atomic E-state index is 0.0928. The number of allylic oxidation sites excluding steroid dienone is 1. The molecular formula is C10H20N4O. The van der Waals surface area contributed by atoms with Gasteiger partial charge in [0.05, 0.1) is 0 Å². The highest BCUT2D eigenvalue weighted by atomic mass is 16.1. The molecule has 0 radical (unpaired) electrons. The normalized spacial score (nSPS) is 15.2. The Morgan fingerprint density at radius 1 is 1.60 bits per heavy atom. The Morgan fingerprint density at radius 3 is 2.87 bits per heavy atom. The molecule has 5 nitrogen and oxygen atoms in total. The minimum absolute atomic E-state index is 0.0928. The third-order valence-electron chi connectivity index (χ3n) is 2.34. The molecule has 0 fully saturated rings. The summed E-state index contributed by atoms with van der Waals surface area (Å²) < 4.78 is 0. The van der Waals surface area contributed by atoms with E-state index >= 15 is 0 Å². The lowest BCUT2D eigenvalue weighted by Crippen LogP contribution is -2.37. The van der Waals surface area contributed by atoms with Gasteiger partial charge in [-0.2, -0.15) is 0 Å². The van der Waals surface area contributed by atoms with E-state index in [9.17, 15) is 4.79 Å². The van der Waals surface area contributed by atoms with Crippen molar-refractivity contribution in [3.63, 3.8) is 0 Å². The molecule has 1 rings (SSSR count). The zero-order valence-electron chi connectivity index (χ0n) is 9.63. The van der Waals surface area contributed by atoms with Crippen molar-refractivity contribution >= 4 is 5.91 Å². The topological polar surface area (TPSA) is 56.4 Å². The smallest absolute Gasteiger partial charge is 0.219 e. The van der Waals surface area contributed by atoms with Crippen LogP contribution < -0.4 is 16.3 Å². The molecule has 5 heteroatoms. The van der Waals surface area contributed by atoms with Crippen LogP contribution in [0.25, 0.3) is 0 Å². The van der Waals surface area contributed by atoms with Crippen LogP contribution in [0.1, 0.15) is 26.7 Å². The fourth-order valence-electron chi connectivity index (χ4n) is 1.32. The van der Waals surface area contributed by atoms with E-state index in [2.05, 4.69) is 36.3 Å². The van der Waals surface area contributed by atoms with Crippen LogP contribution in [0.15, 0.2) is 11.9 Å². The molecule has 0 aromatic heterocycles. The van der Waals surface area contributed by atoms with Crippen molar-refractivity contribution in [3.05, 3.63) is 11.9 Å². The number of hydrogen-bond acceptors (Lipinski definition) is 4. The molecule has 0 saturated carbocycles. The molecule has 15 heavy (non-hydrogen) atoms. The van der Waals surface area contributed by atoms with Crippen molar-refractivity contribution in [1.29, 1.82) is 0 Å². The highest BCUT2D eigenvalue weighted by Gasteiger charge is 2.13. The fraction of sp³-hybridized carbons (Fsp3) is 0.700. The quantitative estimate of drug-likeness (QED) is 0.615. The van der Waals surface area contributed by atoms with Crippen LogP contribution in [0.3, 0.4) is 0 Å². The molecule has 0 aliphatic carbocycles. The van der Waals surface area contributed by atoms with Crippen LogP contribution in [0.4, 0.5) is 0 Å². The molecule has 0 bridgehead atoms. The van der Waals surface area contributed by atoms with Crippen LogP contribution >= 0.6 is 0 Å². The van der Waals surface area contributed by atoms with Crippen molar-refractivity contribution < 1.29 is 4.79 Å². The monoisotopic (exact) mass is 212 g/mol. The van der Waals surface area contributed by atoms with E-state index in [1.165, 1.54) is 5.70 Å². The molecule has 3 N–H and O–H groups in total. The van der Waals surface area contributed by atoms with E-state index in [4.69, 9.17) is 0 Å². The predicted molar refractivity (Wildman–Crippen MR) is 59.2 cm³/mol. The standard InChI is InChI=1S/C10H20N4O/c1-8(2)9-7-14(13-12-9)6-4-5-10(15)11-3/h7-8,12-13H,4-6H2,1-3H3,(H,11,15). The first-order valence-corrected chi connectivity index (χ1v) is 5.34. The SMILES string of the molecule is CNC(=O)CCCN1C=C(C(C)C)NN1. The Morgan fingerprint density at radius 2 is 2.33 bits per heavy atom. The number of hydrogen-bond donors (Lipinski definition) is 3. The Kier molecular flexibility index (Phi) is 4.42. The summed E-state index contributed by atoms with van der Waals surface area (Å²) in [5.74, 6) is 0.580. The molecule has 86 valence electrons. The number of carbonyl (C=O) groups excluding carboxylic acids is 1. The molecular weight excluding hydrogens is 192 g/mol. The molecule has 0 unspecified atom stereocenters. The molecule has 1 aliphatic heterocycles. The second kappa shape index (κ2) is 5.60. The molecule has 1 heterocycles. The molecule has 1 aliphatic rings. The summed E-state index contributed by atoms with van der Waals surface area (Å²) in [6.45, 7) is 5.10. The maximum Gasteiger partial charge on any atom is 0.219 e. The van der Waals surface area contributed by atoms with Crippen molar-refractivity contribution in [2.45, 2.75) is 26.7 Å². The Bertz CT molecular complexity index is 250. The summed E-state index contributed by atoms with van der Waals surface area (Å²) in [5.41, 5.74) is 7.31. The molecule has 0 aromatic rings. The zero-order chi connectivity index (χ0) is 11.3. The van der Waals surface area contributed by atoms with Gasteiger partial charge in [0.1, 0.15) is 0 Å². The Hall–Kier alpha value is -1.23. The number of nitrogens with one attached hydrogen (secondary N) is 3. The van der Waals surface area contributed by atoms with E-state index < -0.39 is 0 Å². The van der Waals surface area contributed by atoms with Gasteiger partial charge in [0.15, 0.2) is 0 Å². The average molecular weight is 212 g/mol. The van der Waals surface area contributed by atoms with Crippen molar-refractivity contribution in [2.24, 2.45) is 5.92 Å². The zero-order valence-corrected chi connectivity index (χ0v) is 9.63. The van der Waals surface area contributed by atoms with Crippen molar-refractivity contribution in [1.82, 2.24) is 21.3 Å². The third-order valence-corrected chi connectivity index (χ3v) is 2.34. The number of hydrazine groups is 2. The number of amides is 1. The van der Waals surface area contributed by atoms with Crippen LogP contribution in [0.2, 0.25) is 0 Å². The van der Waals surface area contributed by atoms with Gasteiger partial charge in [-0.15, -0.1) is 5.53 Å². The Balaban J connectivity index is 2.21. The summed E-state index contributed by atoms with van der Waals surface area (Å²) in [6, 6.07) is 0. The van der Waals surface area contributed by atoms with Gasteiger partial charge in [-0.25, -0.2) is 0 Å². The lowest BCUT2D eigenvalue weighted by atomic mass is 10.1. The van der Waals surface area contributed by atoms with Gasteiger partial charge >= 0.3 is 0 Å². The van der Waals surface area contributed by atoms with Gasteiger partial charge in [0.25, 0.3) is 0 Å². The summed E-state index contributed by atoms with van der Waals surface area (Å²) in [6.07, 6.45) is 3.46. The molecule has 0 saturated heterocycles. The lowest BCUT2D eigenvalue weighted by Gasteiger charge is -2.14. The maximum absolute atomic E-state index is 11.0. The summed E-state index contributed by atoms with van der Waals surface area (Å²) >= 11 is 0. The Labute approximate surface area is 90.8 Å². The number of rotatable bonds is 5. The summed E-state index contributed by atoms with van der Waals surface area (Å²) in [4.78, 5) is 11.0. The molecule has 0 spiro atoms. The maximum atomic E-state index is 11.0. The van der Waals surface area contributed by atoms with Crippen molar-refractivity contribution in [2.75, 3.05) is 13.6 Å². The highest BCUT2D eigenvalue weighted by molar-refractivity contribution is 5.75.